The quantitative estimate of drug-likeness (QED) is 0.123. The molecule has 2 aliphatic heterocycles. The fourth-order valence-corrected chi connectivity index (χ4v) is 6.66. The van der Waals surface area contributed by atoms with Crippen molar-refractivity contribution in [3.63, 3.8) is 0 Å². The fourth-order valence-electron chi connectivity index (χ4n) is 5.35. The van der Waals surface area contributed by atoms with Gasteiger partial charge in [0.15, 0.2) is 0 Å². The normalized spacial score (nSPS) is 16.7. The number of carboxylic acid groups (broad SMARTS) is 1. The van der Waals surface area contributed by atoms with Gasteiger partial charge in [-0.05, 0) is 71.7 Å². The number of carbonyl (C=O) groups excluding carboxylic acids is 1. The highest BCUT2D eigenvalue weighted by atomic mass is 32.2. The number of nitrogens with two attached hydrogens (primary N) is 1. The van der Waals surface area contributed by atoms with Crippen molar-refractivity contribution in [1.29, 1.82) is 0 Å². The Balaban J connectivity index is 1.22. The summed E-state index contributed by atoms with van der Waals surface area (Å²) in [4.78, 5) is 32.2. The van der Waals surface area contributed by atoms with Crippen molar-refractivity contribution in [2.75, 3.05) is 51.7 Å². The van der Waals surface area contributed by atoms with Gasteiger partial charge in [0.25, 0.3) is 5.91 Å². The molecule has 0 unspecified atom stereocenters. The second kappa shape index (κ2) is 13.2. The number of carboxylic acids is 1. The predicted octanol–water partition coefficient (Wildman–Crippen LogP) is 5.27. The van der Waals surface area contributed by atoms with E-state index in [4.69, 9.17) is 32.5 Å². The molecule has 0 radical (unpaired) electrons. The highest BCUT2D eigenvalue weighted by Gasteiger charge is 2.31. The molecule has 11 heteroatoms. The fraction of sp³-hybridized carbons (Fsp3) is 0.242. The summed E-state index contributed by atoms with van der Waals surface area (Å²) >= 11 is 6.84. The summed E-state index contributed by atoms with van der Waals surface area (Å²) in [5, 5.41) is 10.1. The lowest BCUT2D eigenvalue weighted by Crippen LogP contribution is -2.38. The number of nitrogen functional groups attached to an aromatic ring is 1. The Kier molecular flexibility index (Phi) is 8.99. The van der Waals surface area contributed by atoms with Crippen LogP contribution in [0.25, 0.3) is 28.1 Å². The second-order valence-electron chi connectivity index (χ2n) is 10.6. The summed E-state index contributed by atoms with van der Waals surface area (Å²) in [6, 6.07) is 18.5. The van der Waals surface area contributed by atoms with Crippen LogP contribution in [0, 0.1) is 0 Å². The molecule has 0 bridgehead atoms. The van der Waals surface area contributed by atoms with Crippen molar-refractivity contribution in [2.24, 2.45) is 0 Å². The number of hydrogen-bond acceptors (Lipinski definition) is 8. The first-order valence-electron chi connectivity index (χ1n) is 14.4. The van der Waals surface area contributed by atoms with Crippen LogP contribution in [0.5, 0.6) is 5.75 Å². The molecule has 0 spiro atoms. The van der Waals surface area contributed by atoms with Gasteiger partial charge in [0.1, 0.15) is 16.7 Å². The van der Waals surface area contributed by atoms with Gasteiger partial charge in [-0.2, -0.15) is 0 Å². The average molecular weight is 629 g/mol. The zero-order chi connectivity index (χ0) is 30.6. The van der Waals surface area contributed by atoms with E-state index in [0.29, 0.717) is 34.5 Å². The number of hydrogen-bond donors (Lipinski definition) is 3. The van der Waals surface area contributed by atoms with Crippen LogP contribution >= 0.6 is 24.0 Å². The molecule has 4 N–H and O–H groups in total. The van der Waals surface area contributed by atoms with Crippen molar-refractivity contribution in [3.8, 4) is 16.9 Å². The number of thioether (sulfide) groups is 1. The van der Waals surface area contributed by atoms with Crippen LogP contribution in [0.3, 0.4) is 0 Å². The first-order chi connectivity index (χ1) is 21.4. The number of carbonyl (C=O) groups is 2. The number of H-pyrrole nitrogens is 1. The number of rotatable bonds is 10. The van der Waals surface area contributed by atoms with Gasteiger partial charge in [-0.15, -0.1) is 0 Å². The van der Waals surface area contributed by atoms with Crippen LogP contribution in [0.1, 0.15) is 21.5 Å². The maximum Gasteiger partial charge on any atom is 0.335 e. The molecule has 0 aliphatic carbocycles. The number of morpholine rings is 1. The van der Waals surface area contributed by atoms with E-state index in [1.807, 2.05) is 42.6 Å². The van der Waals surface area contributed by atoms with Crippen LogP contribution in [0.4, 0.5) is 5.69 Å². The number of fused-ring (bicyclic) bond motifs is 1. The van der Waals surface area contributed by atoms with Gasteiger partial charge in [-0.25, -0.2) is 4.79 Å². The third-order valence-electron chi connectivity index (χ3n) is 7.78. The molecule has 6 rings (SSSR count). The highest BCUT2D eigenvalue weighted by Crippen LogP contribution is 2.38. The van der Waals surface area contributed by atoms with Crippen LogP contribution in [-0.4, -0.2) is 82.1 Å². The highest BCUT2D eigenvalue weighted by molar-refractivity contribution is 8.26. The Bertz CT molecular complexity index is 1740. The number of thiocarbonyl (C=S) groups is 1. The first-order valence-corrected chi connectivity index (χ1v) is 15.6. The summed E-state index contributed by atoms with van der Waals surface area (Å²) in [5.74, 6) is -0.378. The number of ether oxygens (including phenoxy) is 2. The van der Waals surface area contributed by atoms with E-state index in [9.17, 15) is 9.59 Å². The average Bonchev–Trinajstić information content (AvgIpc) is 3.61. The molecular formula is C33H32N4O5S2. The van der Waals surface area contributed by atoms with Gasteiger partial charge in [-0.1, -0.05) is 42.2 Å². The summed E-state index contributed by atoms with van der Waals surface area (Å²) in [5.41, 5.74) is 11.8. The lowest BCUT2D eigenvalue weighted by atomic mass is 9.99. The number of aromatic nitrogens is 1. The van der Waals surface area contributed by atoms with E-state index in [1.165, 1.54) is 11.8 Å². The third-order valence-corrected chi connectivity index (χ3v) is 9.16. The molecule has 3 heterocycles. The van der Waals surface area contributed by atoms with E-state index in [0.717, 1.165) is 71.8 Å². The molecule has 0 atom stereocenters. The van der Waals surface area contributed by atoms with Crippen molar-refractivity contribution in [2.45, 2.75) is 6.42 Å². The minimum Gasteiger partial charge on any atom is -0.492 e. The minimum atomic E-state index is -0.970. The lowest BCUT2D eigenvalue weighted by Gasteiger charge is -2.26. The van der Waals surface area contributed by atoms with Gasteiger partial charge in [-0.3, -0.25) is 14.6 Å². The van der Waals surface area contributed by atoms with E-state index in [2.05, 4.69) is 16.0 Å². The number of aromatic carboxylic acids is 1. The molecule has 44 heavy (non-hydrogen) atoms. The molecule has 2 fully saturated rings. The molecule has 226 valence electrons. The third kappa shape index (κ3) is 6.66. The molecule has 1 amide bonds. The van der Waals surface area contributed by atoms with Crippen molar-refractivity contribution in [3.05, 3.63) is 88.5 Å². The number of aromatic amines is 1. The van der Waals surface area contributed by atoms with Gasteiger partial charge in [0.05, 0.1) is 23.7 Å². The maximum atomic E-state index is 13.4. The Morgan fingerprint density at radius 2 is 1.89 bits per heavy atom. The Morgan fingerprint density at radius 3 is 2.66 bits per heavy atom. The number of anilines is 1. The Morgan fingerprint density at radius 1 is 1.09 bits per heavy atom. The van der Waals surface area contributed by atoms with Gasteiger partial charge < -0.3 is 25.3 Å². The monoisotopic (exact) mass is 628 g/mol. The molecule has 9 nitrogen and oxygen atoms in total. The Labute approximate surface area is 264 Å². The summed E-state index contributed by atoms with van der Waals surface area (Å²) in [6.07, 6.45) is 4.29. The van der Waals surface area contributed by atoms with E-state index >= 15 is 0 Å². The topological polar surface area (TPSA) is 121 Å². The van der Waals surface area contributed by atoms with Crippen LogP contribution in [-0.2, 0) is 16.0 Å². The summed E-state index contributed by atoms with van der Waals surface area (Å²) < 4.78 is 12.3. The van der Waals surface area contributed by atoms with Gasteiger partial charge in [0.2, 0.25) is 0 Å². The lowest BCUT2D eigenvalue weighted by molar-refractivity contribution is -0.122. The predicted molar refractivity (Wildman–Crippen MR) is 178 cm³/mol. The number of nitrogens with zero attached hydrogens (tertiary/aromatic N) is 2. The molecule has 2 aliphatic rings. The Hall–Kier alpha value is -4.16. The molecular weight excluding hydrogens is 597 g/mol. The van der Waals surface area contributed by atoms with Gasteiger partial charge in [0, 0.05) is 54.5 Å². The molecule has 3 aromatic carbocycles. The van der Waals surface area contributed by atoms with Crippen LogP contribution in [0.15, 0.2) is 71.8 Å². The maximum absolute atomic E-state index is 13.4. The van der Waals surface area contributed by atoms with Crippen LogP contribution in [0.2, 0.25) is 0 Å². The van der Waals surface area contributed by atoms with Crippen molar-refractivity contribution in [1.82, 2.24) is 14.8 Å². The minimum absolute atomic E-state index is 0.147. The number of amides is 1. The van der Waals surface area contributed by atoms with Crippen molar-refractivity contribution < 1.29 is 24.2 Å². The number of nitrogens with one attached hydrogen (secondary N) is 1. The van der Waals surface area contributed by atoms with E-state index in [1.54, 1.807) is 29.2 Å². The summed E-state index contributed by atoms with van der Waals surface area (Å²) in [6.45, 7) is 5.00. The molecule has 1 aromatic heterocycles. The standard InChI is InChI=1S/C33H32N4O5S2/c34-27-19-24(20-28-25(27)7-9-35-28)26-17-22(3-6-29(26)42-16-13-36-11-14-41-15-12-36)18-30-31(38)37(33(43)44-30)10-8-21-1-4-23(5-2-21)32(39)40/h1-7,9,17-20,35H,8,10-16,34H2,(H,39,40)/b30-18-. The molecule has 0 saturated carbocycles. The molecule has 4 aromatic rings. The van der Waals surface area contributed by atoms with Crippen molar-refractivity contribution >= 4 is 62.8 Å². The smallest absolute Gasteiger partial charge is 0.335 e. The van der Waals surface area contributed by atoms with E-state index in [-0.39, 0.29) is 11.5 Å². The largest absolute Gasteiger partial charge is 0.492 e. The SMILES string of the molecule is Nc1cc(-c2cc(/C=C3\SC(=S)N(CCc4ccc(C(=O)O)cc4)C3=O)ccc2OCCN2CCOCC2)cc2[nH]ccc12. The van der Waals surface area contributed by atoms with Gasteiger partial charge >= 0.3 is 5.97 Å². The zero-order valence-corrected chi connectivity index (χ0v) is 25.6. The zero-order valence-electron chi connectivity index (χ0n) is 24.0. The number of benzene rings is 3. The van der Waals surface area contributed by atoms with Crippen LogP contribution < -0.4 is 10.5 Å². The molecule has 2 saturated heterocycles. The summed E-state index contributed by atoms with van der Waals surface area (Å²) in [7, 11) is 0. The second-order valence-corrected chi connectivity index (χ2v) is 12.3. The van der Waals surface area contributed by atoms with E-state index < -0.39 is 5.97 Å². The first kappa shape index (κ1) is 29.9.